The number of hydrogen-bond acceptors (Lipinski definition) is 6. The first-order valence-electron chi connectivity index (χ1n) is 8.08. The molecular formula is C20H19ClN2O4. The first-order valence-corrected chi connectivity index (χ1v) is 8.46. The second-order valence-corrected chi connectivity index (χ2v) is 5.93. The van der Waals surface area contributed by atoms with Crippen LogP contribution in [-0.4, -0.2) is 38.4 Å². The molecular weight excluding hydrogens is 368 g/mol. The Balaban J connectivity index is 2.01. The minimum atomic E-state index is 0.337. The Morgan fingerprint density at radius 1 is 0.741 bits per heavy atom. The Bertz CT molecular complexity index is 983. The highest BCUT2D eigenvalue weighted by molar-refractivity contribution is 6.34. The molecule has 0 spiro atoms. The van der Waals surface area contributed by atoms with Crippen LogP contribution in [0.1, 0.15) is 11.4 Å². The fourth-order valence-electron chi connectivity index (χ4n) is 2.61. The van der Waals surface area contributed by atoms with Gasteiger partial charge in [0.2, 0.25) is 0 Å². The Hall–Kier alpha value is -2.99. The molecule has 0 N–H and O–H groups in total. The largest absolute Gasteiger partial charge is 0.497 e. The molecule has 6 nitrogen and oxygen atoms in total. The molecule has 0 unspecified atom stereocenters. The van der Waals surface area contributed by atoms with Crippen LogP contribution < -0.4 is 18.9 Å². The topological polar surface area (TPSA) is 62.7 Å². The second-order valence-electron chi connectivity index (χ2n) is 5.58. The van der Waals surface area contributed by atoms with Gasteiger partial charge >= 0.3 is 0 Å². The number of nitrogens with zero attached hydrogens (tertiary/aromatic N) is 2. The quantitative estimate of drug-likeness (QED) is 0.582. The van der Waals surface area contributed by atoms with Crippen molar-refractivity contribution in [1.29, 1.82) is 0 Å². The third-order valence-corrected chi connectivity index (χ3v) is 4.26. The zero-order valence-corrected chi connectivity index (χ0v) is 16.2. The van der Waals surface area contributed by atoms with E-state index in [1.54, 1.807) is 52.7 Å². The van der Waals surface area contributed by atoms with E-state index in [0.717, 1.165) is 5.56 Å². The summed E-state index contributed by atoms with van der Waals surface area (Å²) >= 11 is 6.34. The first kappa shape index (κ1) is 18.8. The third-order valence-electron chi connectivity index (χ3n) is 3.97. The van der Waals surface area contributed by atoms with E-state index in [1.807, 2.05) is 18.2 Å². The summed E-state index contributed by atoms with van der Waals surface area (Å²) in [6.07, 6.45) is 3.64. The summed E-state index contributed by atoms with van der Waals surface area (Å²) in [7, 11) is 6.35. The van der Waals surface area contributed by atoms with E-state index in [4.69, 9.17) is 30.5 Å². The predicted molar refractivity (Wildman–Crippen MR) is 106 cm³/mol. The van der Waals surface area contributed by atoms with Gasteiger partial charge in [-0.1, -0.05) is 17.7 Å². The molecule has 1 aromatic heterocycles. The summed E-state index contributed by atoms with van der Waals surface area (Å²) in [4.78, 5) is 8.88. The predicted octanol–water partition coefficient (Wildman–Crippen LogP) is 4.49. The average Bonchev–Trinajstić information content (AvgIpc) is 2.70. The lowest BCUT2D eigenvalue weighted by molar-refractivity contribution is 0.356. The van der Waals surface area contributed by atoms with E-state index in [2.05, 4.69) is 9.97 Å². The standard InChI is InChI=1S/C20H19ClN2O4/c1-24-13-7-12(8-14(9-13)25-2)5-6-19-22-16-11-18(27-4)17(26-3)10-15(16)20(21)23-19/h5-11H,1-4H3/b6-5+. The molecule has 1 heterocycles. The highest BCUT2D eigenvalue weighted by Gasteiger charge is 2.11. The number of aromatic nitrogens is 2. The van der Waals surface area contributed by atoms with Gasteiger partial charge in [0, 0.05) is 17.5 Å². The number of methoxy groups -OCH3 is 4. The van der Waals surface area contributed by atoms with Crippen molar-refractivity contribution in [1.82, 2.24) is 9.97 Å². The molecule has 0 radical (unpaired) electrons. The molecule has 140 valence electrons. The van der Waals surface area contributed by atoms with Gasteiger partial charge in [-0.3, -0.25) is 0 Å². The van der Waals surface area contributed by atoms with E-state index in [0.29, 0.717) is 44.9 Å². The molecule has 0 aliphatic heterocycles. The van der Waals surface area contributed by atoms with Gasteiger partial charge in [-0.05, 0) is 29.8 Å². The number of benzene rings is 2. The summed E-state index contributed by atoms with van der Waals surface area (Å²) in [6.45, 7) is 0. The van der Waals surface area contributed by atoms with Crippen LogP contribution >= 0.6 is 11.6 Å². The number of hydrogen-bond donors (Lipinski definition) is 0. The van der Waals surface area contributed by atoms with Crippen molar-refractivity contribution >= 4 is 34.7 Å². The number of fused-ring (bicyclic) bond motifs is 1. The van der Waals surface area contributed by atoms with Crippen molar-refractivity contribution in [3.8, 4) is 23.0 Å². The molecule has 7 heteroatoms. The molecule has 0 saturated heterocycles. The maximum atomic E-state index is 6.34. The van der Waals surface area contributed by atoms with Crippen molar-refractivity contribution in [2.24, 2.45) is 0 Å². The van der Waals surface area contributed by atoms with Crippen molar-refractivity contribution in [2.75, 3.05) is 28.4 Å². The Kier molecular flexibility index (Phi) is 5.66. The highest BCUT2D eigenvalue weighted by Crippen LogP contribution is 2.34. The minimum absolute atomic E-state index is 0.337. The van der Waals surface area contributed by atoms with Gasteiger partial charge in [0.05, 0.1) is 34.0 Å². The molecule has 0 saturated carbocycles. The lowest BCUT2D eigenvalue weighted by atomic mass is 10.2. The maximum absolute atomic E-state index is 6.34. The molecule has 0 atom stereocenters. The van der Waals surface area contributed by atoms with Crippen molar-refractivity contribution in [3.05, 3.63) is 46.9 Å². The molecule has 0 aliphatic rings. The van der Waals surface area contributed by atoms with Crippen LogP contribution in [0.3, 0.4) is 0 Å². The van der Waals surface area contributed by atoms with Gasteiger partial charge in [-0.2, -0.15) is 0 Å². The highest BCUT2D eigenvalue weighted by atomic mass is 35.5. The summed E-state index contributed by atoms with van der Waals surface area (Å²) < 4.78 is 21.2. The molecule has 3 aromatic rings. The number of rotatable bonds is 6. The van der Waals surface area contributed by atoms with Gasteiger partial charge in [-0.25, -0.2) is 9.97 Å². The second kappa shape index (κ2) is 8.14. The van der Waals surface area contributed by atoms with Crippen LogP contribution in [0.5, 0.6) is 23.0 Å². The third kappa shape index (κ3) is 4.06. The molecule has 0 fully saturated rings. The summed E-state index contributed by atoms with van der Waals surface area (Å²) in [5.41, 5.74) is 1.55. The number of halogens is 1. The van der Waals surface area contributed by atoms with E-state index < -0.39 is 0 Å². The zero-order chi connectivity index (χ0) is 19.4. The lowest BCUT2D eigenvalue weighted by Gasteiger charge is -2.09. The average molecular weight is 387 g/mol. The van der Waals surface area contributed by atoms with Crippen LogP contribution in [0.4, 0.5) is 0 Å². The van der Waals surface area contributed by atoms with E-state index in [9.17, 15) is 0 Å². The fraction of sp³-hybridized carbons (Fsp3) is 0.200. The molecule has 0 amide bonds. The van der Waals surface area contributed by atoms with E-state index in [-0.39, 0.29) is 0 Å². The smallest absolute Gasteiger partial charge is 0.162 e. The van der Waals surface area contributed by atoms with Crippen LogP contribution in [0, 0.1) is 0 Å². The van der Waals surface area contributed by atoms with E-state index >= 15 is 0 Å². The summed E-state index contributed by atoms with van der Waals surface area (Å²) in [6, 6.07) is 9.11. The van der Waals surface area contributed by atoms with Gasteiger partial charge in [0.15, 0.2) is 17.3 Å². The van der Waals surface area contributed by atoms with Gasteiger partial charge in [-0.15, -0.1) is 0 Å². The van der Waals surface area contributed by atoms with Crippen molar-refractivity contribution < 1.29 is 18.9 Å². The van der Waals surface area contributed by atoms with Gasteiger partial charge in [0.1, 0.15) is 16.7 Å². The van der Waals surface area contributed by atoms with E-state index in [1.165, 1.54) is 0 Å². The monoisotopic (exact) mass is 386 g/mol. The maximum Gasteiger partial charge on any atom is 0.162 e. The SMILES string of the molecule is COc1cc(/C=C/c2nc(Cl)c3cc(OC)c(OC)cc3n2)cc(OC)c1. The van der Waals surface area contributed by atoms with Crippen LogP contribution in [0.2, 0.25) is 5.15 Å². The molecule has 27 heavy (non-hydrogen) atoms. The van der Waals surface area contributed by atoms with Crippen molar-refractivity contribution in [3.63, 3.8) is 0 Å². The van der Waals surface area contributed by atoms with Crippen molar-refractivity contribution in [2.45, 2.75) is 0 Å². The minimum Gasteiger partial charge on any atom is -0.497 e. The Labute approximate surface area is 162 Å². The van der Waals surface area contributed by atoms with Gasteiger partial charge in [0.25, 0.3) is 0 Å². The first-order chi connectivity index (χ1) is 13.1. The Morgan fingerprint density at radius 2 is 1.37 bits per heavy atom. The fourth-order valence-corrected chi connectivity index (χ4v) is 2.84. The molecule has 3 rings (SSSR count). The normalized spacial score (nSPS) is 11.0. The zero-order valence-electron chi connectivity index (χ0n) is 15.4. The van der Waals surface area contributed by atoms with Crippen LogP contribution in [-0.2, 0) is 0 Å². The summed E-state index contributed by atoms with van der Waals surface area (Å²) in [5.74, 6) is 3.02. The molecule has 2 aromatic carbocycles. The molecule has 0 aliphatic carbocycles. The summed E-state index contributed by atoms with van der Waals surface area (Å²) in [5, 5.41) is 1.03. The lowest BCUT2D eigenvalue weighted by Crippen LogP contribution is -1.95. The Morgan fingerprint density at radius 3 is 1.96 bits per heavy atom. The molecule has 0 bridgehead atoms. The van der Waals surface area contributed by atoms with Gasteiger partial charge < -0.3 is 18.9 Å². The number of ether oxygens (including phenoxy) is 4. The van der Waals surface area contributed by atoms with Crippen LogP contribution in [0.25, 0.3) is 23.1 Å². The van der Waals surface area contributed by atoms with Crippen LogP contribution in [0.15, 0.2) is 30.3 Å².